The van der Waals surface area contributed by atoms with Crippen LogP contribution in [0, 0.1) is 0 Å². The minimum absolute atomic E-state index is 0.380. The normalized spacial score (nSPS) is 15.6. The average molecular weight is 269 g/mol. The van der Waals surface area contributed by atoms with Crippen molar-refractivity contribution >= 4 is 0 Å². The summed E-state index contributed by atoms with van der Waals surface area (Å²) in [6.07, 6.45) is -7.71. The maximum atomic E-state index is 12.8. The Hall–Kier alpha value is -1.37. The number of nitrogens with two attached hydrogens (primary N) is 1. The van der Waals surface area contributed by atoms with Crippen LogP contribution in [0.1, 0.15) is 18.1 Å². The minimum Gasteiger partial charge on any atom is -0.496 e. The van der Waals surface area contributed by atoms with E-state index in [2.05, 4.69) is 4.74 Å². The molecule has 2 nitrogen and oxygen atoms in total. The summed E-state index contributed by atoms with van der Waals surface area (Å²) in [5, 5.41) is 0. The van der Waals surface area contributed by atoms with E-state index in [9.17, 15) is 22.0 Å². The van der Waals surface area contributed by atoms with Crippen LogP contribution in [0.2, 0.25) is 0 Å². The van der Waals surface area contributed by atoms with Crippen LogP contribution in [0.3, 0.4) is 0 Å². The minimum atomic E-state index is -4.69. The first-order valence-electron chi connectivity index (χ1n) is 4.94. The molecular weight excluding hydrogens is 257 g/mol. The second kappa shape index (κ2) is 4.72. The quantitative estimate of drug-likeness (QED) is 0.855. The molecule has 1 aromatic rings. The van der Waals surface area contributed by atoms with Crippen LogP contribution in [-0.2, 0) is 11.7 Å². The van der Waals surface area contributed by atoms with E-state index in [1.807, 2.05) is 0 Å². The highest BCUT2D eigenvalue weighted by molar-refractivity contribution is 5.47. The molecule has 0 radical (unpaired) electrons. The molecule has 2 N–H and O–H groups in total. The zero-order chi connectivity index (χ0) is 14.1. The summed E-state index contributed by atoms with van der Waals surface area (Å²) in [6, 6.07) is 2.87. The van der Waals surface area contributed by atoms with Crippen LogP contribution in [0.15, 0.2) is 18.2 Å². The Kier molecular flexibility index (Phi) is 3.85. The first-order chi connectivity index (χ1) is 8.12. The van der Waals surface area contributed by atoms with Gasteiger partial charge in [-0.1, -0.05) is 12.1 Å². The van der Waals surface area contributed by atoms with Gasteiger partial charge < -0.3 is 10.5 Å². The van der Waals surface area contributed by atoms with Gasteiger partial charge in [0.05, 0.1) is 12.7 Å². The molecule has 18 heavy (non-hydrogen) atoms. The molecule has 1 atom stereocenters. The van der Waals surface area contributed by atoms with Crippen LogP contribution >= 0.6 is 0 Å². The van der Waals surface area contributed by atoms with E-state index in [1.54, 1.807) is 0 Å². The Labute approximate surface area is 101 Å². The molecule has 0 saturated carbocycles. The molecule has 0 aliphatic heterocycles. The highest BCUT2D eigenvalue weighted by Crippen LogP contribution is 2.42. The van der Waals surface area contributed by atoms with Crippen molar-refractivity contribution in [2.45, 2.75) is 25.1 Å². The number of para-hydroxylation sites is 1. The van der Waals surface area contributed by atoms with Gasteiger partial charge in [0.2, 0.25) is 0 Å². The lowest BCUT2D eigenvalue weighted by Gasteiger charge is -2.27. The van der Waals surface area contributed by atoms with E-state index in [1.165, 1.54) is 0 Å². The van der Waals surface area contributed by atoms with Crippen molar-refractivity contribution in [2.75, 3.05) is 7.11 Å². The summed E-state index contributed by atoms with van der Waals surface area (Å²) in [6.45, 7) is 0.954. The fourth-order valence-electron chi connectivity index (χ4n) is 1.52. The Balaban J connectivity index is 3.48. The Morgan fingerprint density at radius 1 is 1.17 bits per heavy atom. The lowest BCUT2D eigenvalue weighted by atomic mass is 9.91. The molecule has 7 heteroatoms. The van der Waals surface area contributed by atoms with Crippen molar-refractivity contribution in [1.29, 1.82) is 0 Å². The number of methoxy groups -OCH3 is 1. The largest absolute Gasteiger partial charge is 0.496 e. The van der Waals surface area contributed by atoms with Crippen molar-refractivity contribution < 1.29 is 26.7 Å². The topological polar surface area (TPSA) is 35.2 Å². The van der Waals surface area contributed by atoms with Crippen molar-refractivity contribution in [3.63, 3.8) is 0 Å². The number of hydrogen-bond donors (Lipinski definition) is 1. The number of hydrogen-bond acceptors (Lipinski definition) is 2. The molecule has 0 fully saturated rings. The van der Waals surface area contributed by atoms with Crippen molar-refractivity contribution in [3.8, 4) is 5.75 Å². The van der Waals surface area contributed by atoms with E-state index in [0.717, 1.165) is 32.2 Å². The summed E-state index contributed by atoms with van der Waals surface area (Å²) < 4.78 is 68.3. The van der Waals surface area contributed by atoms with Gasteiger partial charge in [-0.25, -0.2) is 8.78 Å². The molecule has 1 unspecified atom stereocenters. The van der Waals surface area contributed by atoms with Gasteiger partial charge in [-0.15, -0.1) is 0 Å². The summed E-state index contributed by atoms with van der Waals surface area (Å²) in [4.78, 5) is 0. The van der Waals surface area contributed by atoms with Gasteiger partial charge in [0.1, 0.15) is 11.3 Å². The van der Waals surface area contributed by atoms with Crippen LogP contribution < -0.4 is 10.5 Å². The molecule has 0 bridgehead atoms. The maximum Gasteiger partial charge on any atom is 0.419 e. The summed E-state index contributed by atoms with van der Waals surface area (Å²) >= 11 is 0. The summed E-state index contributed by atoms with van der Waals surface area (Å²) in [5.74, 6) is -0.671. The molecule has 102 valence electrons. The average Bonchev–Trinajstić information content (AvgIpc) is 2.26. The molecule has 0 amide bonds. The Morgan fingerprint density at radius 2 is 1.67 bits per heavy atom. The second-order valence-electron chi connectivity index (χ2n) is 3.97. The smallest absolute Gasteiger partial charge is 0.419 e. The van der Waals surface area contributed by atoms with Gasteiger partial charge in [-0.05, 0) is 13.0 Å². The number of alkyl halides is 5. The van der Waals surface area contributed by atoms with Crippen LogP contribution in [0.5, 0.6) is 5.75 Å². The van der Waals surface area contributed by atoms with Gasteiger partial charge in [0.25, 0.3) is 6.43 Å². The number of rotatable bonds is 3. The molecular formula is C11H12F5NO. The first kappa shape index (κ1) is 14.7. The highest BCUT2D eigenvalue weighted by atomic mass is 19.4. The Morgan fingerprint density at radius 3 is 2.06 bits per heavy atom. The fourth-order valence-corrected chi connectivity index (χ4v) is 1.52. The summed E-state index contributed by atoms with van der Waals surface area (Å²) in [5.41, 5.74) is 1.65. The third kappa shape index (κ3) is 2.55. The molecule has 1 rings (SSSR count). The van der Waals surface area contributed by atoms with Gasteiger partial charge in [-0.2, -0.15) is 13.2 Å². The van der Waals surface area contributed by atoms with Gasteiger partial charge in [-0.3, -0.25) is 0 Å². The monoisotopic (exact) mass is 269 g/mol. The van der Waals surface area contributed by atoms with Gasteiger partial charge in [0.15, 0.2) is 0 Å². The molecule has 1 aromatic carbocycles. The predicted octanol–water partition coefficient (Wildman–Crippen LogP) is 3.15. The molecule has 0 heterocycles. The number of ether oxygens (including phenoxy) is 1. The van der Waals surface area contributed by atoms with E-state index in [0.29, 0.717) is 0 Å². The van der Waals surface area contributed by atoms with E-state index >= 15 is 0 Å². The molecule has 0 aromatic heterocycles. The van der Waals surface area contributed by atoms with Crippen molar-refractivity contribution in [1.82, 2.24) is 0 Å². The van der Waals surface area contributed by atoms with Crippen LogP contribution in [0.25, 0.3) is 0 Å². The molecule has 0 aliphatic rings. The SMILES string of the molecule is COc1c(C(F)(F)F)cccc1C(C)(N)C(F)F. The third-order valence-corrected chi connectivity index (χ3v) is 2.56. The van der Waals surface area contributed by atoms with Gasteiger partial charge >= 0.3 is 6.18 Å². The van der Waals surface area contributed by atoms with Crippen LogP contribution in [-0.4, -0.2) is 13.5 Å². The van der Waals surface area contributed by atoms with E-state index in [4.69, 9.17) is 5.73 Å². The van der Waals surface area contributed by atoms with E-state index in [-0.39, 0.29) is 5.56 Å². The third-order valence-electron chi connectivity index (χ3n) is 2.56. The first-order valence-corrected chi connectivity index (χ1v) is 4.94. The molecule has 0 spiro atoms. The zero-order valence-corrected chi connectivity index (χ0v) is 9.68. The van der Waals surface area contributed by atoms with Crippen molar-refractivity contribution in [2.24, 2.45) is 5.73 Å². The fraction of sp³-hybridized carbons (Fsp3) is 0.455. The predicted molar refractivity (Wildman–Crippen MR) is 55.5 cm³/mol. The zero-order valence-electron chi connectivity index (χ0n) is 9.68. The van der Waals surface area contributed by atoms with Crippen LogP contribution in [0.4, 0.5) is 22.0 Å². The Bertz CT molecular complexity index is 428. The van der Waals surface area contributed by atoms with Gasteiger partial charge in [0, 0.05) is 5.56 Å². The number of halogens is 5. The lowest BCUT2D eigenvalue weighted by molar-refractivity contribution is -0.138. The lowest BCUT2D eigenvalue weighted by Crippen LogP contribution is -2.41. The summed E-state index contributed by atoms with van der Waals surface area (Å²) in [7, 11) is 0.982. The highest BCUT2D eigenvalue weighted by Gasteiger charge is 2.41. The second-order valence-corrected chi connectivity index (χ2v) is 3.97. The molecule has 0 aliphatic carbocycles. The number of benzene rings is 1. The maximum absolute atomic E-state index is 12.8. The van der Waals surface area contributed by atoms with E-state index < -0.39 is 29.5 Å². The standard InChI is InChI=1S/C11H12F5NO/c1-10(17,9(12)13)6-4-3-5-7(8(6)18-2)11(14,15)16/h3-5,9H,17H2,1-2H3. The molecule has 0 saturated heterocycles. The van der Waals surface area contributed by atoms with Crippen molar-refractivity contribution in [3.05, 3.63) is 29.3 Å².